The van der Waals surface area contributed by atoms with Crippen molar-refractivity contribution < 1.29 is 18.0 Å². The van der Waals surface area contributed by atoms with Gasteiger partial charge < -0.3 is 14.8 Å². The summed E-state index contributed by atoms with van der Waals surface area (Å²) in [6, 6.07) is 12.3. The summed E-state index contributed by atoms with van der Waals surface area (Å²) in [5, 5.41) is 3.69. The highest BCUT2D eigenvalue weighted by Gasteiger charge is 2.31. The minimum absolute atomic E-state index is 0.138. The molecule has 2 amide bonds. The van der Waals surface area contributed by atoms with E-state index in [9.17, 15) is 18.0 Å². The van der Waals surface area contributed by atoms with Gasteiger partial charge in [-0.25, -0.2) is 4.79 Å². The monoisotopic (exact) mass is 373 g/mol. The number of benzene rings is 2. The summed E-state index contributed by atoms with van der Waals surface area (Å²) in [7, 11) is 2.01. The lowest BCUT2D eigenvalue weighted by Gasteiger charge is -2.28. The highest BCUT2D eigenvalue weighted by atomic mass is 19.4. The molecule has 1 aliphatic heterocycles. The van der Waals surface area contributed by atoms with Crippen LogP contribution in [0.2, 0.25) is 0 Å². The zero-order chi connectivity index (χ0) is 19.2. The fourth-order valence-corrected chi connectivity index (χ4v) is 3.68. The molecular formula is C20H18F3N3O. The van der Waals surface area contributed by atoms with Crippen LogP contribution in [0, 0.1) is 0 Å². The first-order chi connectivity index (χ1) is 12.8. The molecule has 0 bridgehead atoms. The molecule has 0 radical (unpaired) electrons. The van der Waals surface area contributed by atoms with Crippen molar-refractivity contribution in [2.24, 2.45) is 7.05 Å². The predicted octanol–water partition coefficient (Wildman–Crippen LogP) is 4.79. The maximum Gasteiger partial charge on any atom is 0.416 e. The minimum atomic E-state index is -4.44. The van der Waals surface area contributed by atoms with Crippen LogP contribution >= 0.6 is 0 Å². The molecule has 0 atom stereocenters. The van der Waals surface area contributed by atoms with Crippen molar-refractivity contribution in [2.75, 3.05) is 11.9 Å². The molecule has 4 nitrogen and oxygen atoms in total. The van der Waals surface area contributed by atoms with E-state index in [0.29, 0.717) is 19.5 Å². The average Bonchev–Trinajstić information content (AvgIpc) is 2.94. The summed E-state index contributed by atoms with van der Waals surface area (Å²) in [5.74, 6) is 0. The molecule has 4 rings (SSSR count). The summed E-state index contributed by atoms with van der Waals surface area (Å²) < 4.78 is 40.7. The molecule has 0 aliphatic carbocycles. The fourth-order valence-electron chi connectivity index (χ4n) is 3.68. The molecule has 27 heavy (non-hydrogen) atoms. The number of fused-ring (bicyclic) bond motifs is 3. The van der Waals surface area contributed by atoms with Crippen molar-refractivity contribution in [2.45, 2.75) is 19.1 Å². The minimum Gasteiger partial charge on any atom is -0.347 e. The summed E-state index contributed by atoms with van der Waals surface area (Å²) in [6.45, 7) is 0.948. The van der Waals surface area contributed by atoms with E-state index in [1.807, 2.05) is 31.3 Å². The lowest BCUT2D eigenvalue weighted by atomic mass is 10.0. The van der Waals surface area contributed by atoms with E-state index in [0.717, 1.165) is 28.6 Å². The number of para-hydroxylation sites is 1. The standard InChI is InChI=1S/C20H18F3N3O/c1-25-17-8-3-2-7-15(17)16-12-26(10-9-18(16)25)19(27)24-14-6-4-5-13(11-14)20(21,22)23/h2-8,11H,9-10,12H2,1H3,(H,24,27). The summed E-state index contributed by atoms with van der Waals surface area (Å²) in [6.07, 6.45) is -3.74. The molecule has 0 saturated heterocycles. The molecule has 0 spiro atoms. The van der Waals surface area contributed by atoms with Crippen molar-refractivity contribution in [1.29, 1.82) is 0 Å². The van der Waals surface area contributed by atoms with Gasteiger partial charge in [0.1, 0.15) is 0 Å². The van der Waals surface area contributed by atoms with Crippen molar-refractivity contribution in [3.05, 3.63) is 65.4 Å². The number of nitrogens with zero attached hydrogens (tertiary/aromatic N) is 2. The van der Waals surface area contributed by atoms with E-state index in [1.54, 1.807) is 4.90 Å². The first kappa shape index (κ1) is 17.5. The Kier molecular flexibility index (Phi) is 4.09. The lowest BCUT2D eigenvalue weighted by molar-refractivity contribution is -0.137. The van der Waals surface area contributed by atoms with E-state index in [1.165, 1.54) is 17.8 Å². The normalized spacial score (nSPS) is 14.3. The molecule has 1 aromatic heterocycles. The SMILES string of the molecule is Cn1c2c(c3ccccc31)CN(C(=O)Nc1cccc(C(F)(F)F)c1)CC2. The fraction of sp³-hybridized carbons (Fsp3) is 0.250. The number of amides is 2. The van der Waals surface area contributed by atoms with E-state index >= 15 is 0 Å². The quantitative estimate of drug-likeness (QED) is 0.654. The number of urea groups is 1. The Bertz CT molecular complexity index is 1020. The number of aryl methyl sites for hydroxylation is 1. The van der Waals surface area contributed by atoms with Crippen LogP contribution in [0.5, 0.6) is 0 Å². The van der Waals surface area contributed by atoms with Gasteiger partial charge in [-0.3, -0.25) is 0 Å². The van der Waals surface area contributed by atoms with Crippen LogP contribution in [-0.4, -0.2) is 22.0 Å². The maximum atomic E-state index is 12.9. The zero-order valence-electron chi connectivity index (χ0n) is 14.7. The Labute approximate surface area is 154 Å². The van der Waals surface area contributed by atoms with Crippen molar-refractivity contribution in [3.8, 4) is 0 Å². The number of hydrogen-bond acceptors (Lipinski definition) is 1. The van der Waals surface area contributed by atoms with E-state index in [2.05, 4.69) is 9.88 Å². The second-order valence-corrected chi connectivity index (χ2v) is 6.68. The predicted molar refractivity (Wildman–Crippen MR) is 97.5 cm³/mol. The van der Waals surface area contributed by atoms with E-state index in [4.69, 9.17) is 0 Å². The highest BCUT2D eigenvalue weighted by Crippen LogP contribution is 2.32. The van der Waals surface area contributed by atoms with Gasteiger partial charge in [0.25, 0.3) is 0 Å². The maximum absolute atomic E-state index is 12.9. The van der Waals surface area contributed by atoms with Crippen molar-refractivity contribution >= 4 is 22.6 Å². The number of alkyl halides is 3. The van der Waals surface area contributed by atoms with Gasteiger partial charge in [0.2, 0.25) is 0 Å². The van der Waals surface area contributed by atoms with E-state index < -0.39 is 17.8 Å². The molecule has 140 valence electrons. The molecule has 0 fully saturated rings. The van der Waals surface area contributed by atoms with Gasteiger partial charge in [0, 0.05) is 54.4 Å². The topological polar surface area (TPSA) is 37.3 Å². The van der Waals surface area contributed by atoms with Crippen LogP contribution in [0.3, 0.4) is 0 Å². The van der Waals surface area contributed by atoms with E-state index in [-0.39, 0.29) is 5.69 Å². The Hall–Kier alpha value is -2.96. The van der Waals surface area contributed by atoms with Gasteiger partial charge in [-0.1, -0.05) is 24.3 Å². The third-order valence-corrected chi connectivity index (χ3v) is 5.04. The number of halogens is 3. The first-order valence-electron chi connectivity index (χ1n) is 8.63. The molecular weight excluding hydrogens is 355 g/mol. The second kappa shape index (κ2) is 6.33. The molecule has 3 aromatic rings. The van der Waals surface area contributed by atoms with Crippen LogP contribution in [0.4, 0.5) is 23.7 Å². The summed E-state index contributed by atoms with van der Waals surface area (Å²) in [5.41, 5.74) is 2.76. The third kappa shape index (κ3) is 3.13. The lowest BCUT2D eigenvalue weighted by Crippen LogP contribution is -2.39. The Morgan fingerprint density at radius 1 is 1.11 bits per heavy atom. The van der Waals surface area contributed by atoms with Gasteiger partial charge >= 0.3 is 12.2 Å². The van der Waals surface area contributed by atoms with Gasteiger partial charge in [-0.05, 0) is 24.3 Å². The number of carbonyl (C=O) groups excluding carboxylic acids is 1. The van der Waals surface area contributed by atoms with Crippen LogP contribution < -0.4 is 5.32 Å². The van der Waals surface area contributed by atoms with Crippen LogP contribution in [0.25, 0.3) is 10.9 Å². The number of nitrogens with one attached hydrogen (secondary N) is 1. The molecule has 0 saturated carbocycles. The van der Waals surface area contributed by atoms with Crippen molar-refractivity contribution in [1.82, 2.24) is 9.47 Å². The molecule has 1 N–H and O–H groups in total. The van der Waals surface area contributed by atoms with Gasteiger partial charge in [-0.15, -0.1) is 0 Å². The Morgan fingerprint density at radius 2 is 1.89 bits per heavy atom. The third-order valence-electron chi connectivity index (χ3n) is 5.04. The van der Waals surface area contributed by atoms with Gasteiger partial charge in [-0.2, -0.15) is 13.2 Å². The molecule has 1 aliphatic rings. The number of carbonyl (C=O) groups is 1. The highest BCUT2D eigenvalue weighted by molar-refractivity contribution is 5.91. The largest absolute Gasteiger partial charge is 0.416 e. The average molecular weight is 373 g/mol. The first-order valence-corrected chi connectivity index (χ1v) is 8.63. The van der Waals surface area contributed by atoms with Crippen molar-refractivity contribution in [3.63, 3.8) is 0 Å². The molecule has 0 unspecified atom stereocenters. The number of rotatable bonds is 1. The number of anilines is 1. The molecule has 2 aromatic carbocycles. The molecule has 7 heteroatoms. The smallest absolute Gasteiger partial charge is 0.347 e. The van der Waals surface area contributed by atoms with Crippen LogP contribution in [0.15, 0.2) is 48.5 Å². The van der Waals surface area contributed by atoms with Gasteiger partial charge in [0.15, 0.2) is 0 Å². The molecule has 2 heterocycles. The summed E-state index contributed by atoms with van der Waals surface area (Å²) in [4.78, 5) is 14.2. The van der Waals surface area contributed by atoms with Gasteiger partial charge in [0.05, 0.1) is 5.56 Å². The second-order valence-electron chi connectivity index (χ2n) is 6.68. The Balaban J connectivity index is 1.56. The number of aromatic nitrogens is 1. The Morgan fingerprint density at radius 3 is 2.67 bits per heavy atom. The van der Waals surface area contributed by atoms with Crippen LogP contribution in [-0.2, 0) is 26.2 Å². The number of hydrogen-bond donors (Lipinski definition) is 1. The van der Waals surface area contributed by atoms with Crippen LogP contribution in [0.1, 0.15) is 16.8 Å². The zero-order valence-corrected chi connectivity index (χ0v) is 14.7. The summed E-state index contributed by atoms with van der Waals surface area (Å²) >= 11 is 0.